The highest BCUT2D eigenvalue weighted by atomic mass is 16.3. The van der Waals surface area contributed by atoms with Gasteiger partial charge in [0.1, 0.15) is 6.26 Å². The molecule has 0 bridgehead atoms. The summed E-state index contributed by atoms with van der Waals surface area (Å²) in [4.78, 5) is 28.5. The molecule has 1 aliphatic carbocycles. The Kier molecular flexibility index (Phi) is 4.54. The lowest BCUT2D eigenvalue weighted by atomic mass is 9.73. The van der Waals surface area contributed by atoms with Gasteiger partial charge in [-0.05, 0) is 47.8 Å². The van der Waals surface area contributed by atoms with Gasteiger partial charge in [-0.25, -0.2) is 0 Å². The number of likely N-dealkylation sites (tertiary alicyclic amines) is 1. The number of piperidine rings is 1. The summed E-state index contributed by atoms with van der Waals surface area (Å²) in [6.07, 6.45) is 6.50. The molecule has 1 saturated heterocycles. The largest absolute Gasteiger partial charge is 0.472 e. The molecule has 5 heteroatoms. The van der Waals surface area contributed by atoms with Crippen LogP contribution in [0.4, 0.5) is 0 Å². The second-order valence-electron chi connectivity index (χ2n) is 8.07. The van der Waals surface area contributed by atoms with E-state index in [9.17, 15) is 9.59 Å². The molecular weight excluding hydrogens is 340 g/mol. The molecule has 0 radical (unpaired) electrons. The monoisotopic (exact) mass is 366 g/mol. The Labute approximate surface area is 159 Å². The average molecular weight is 366 g/mol. The third-order valence-corrected chi connectivity index (χ3v) is 6.30. The Hall–Kier alpha value is -2.56. The zero-order chi connectivity index (χ0) is 19.0. The van der Waals surface area contributed by atoms with Gasteiger partial charge in [0.05, 0.1) is 11.8 Å². The lowest BCUT2D eigenvalue weighted by Gasteiger charge is -2.40. The highest BCUT2D eigenvalue weighted by molar-refractivity contribution is 5.93. The number of hydrogen-bond donors (Lipinski definition) is 0. The van der Waals surface area contributed by atoms with E-state index in [1.54, 1.807) is 11.0 Å². The first-order valence-electron chi connectivity index (χ1n) is 9.61. The molecule has 27 heavy (non-hydrogen) atoms. The normalized spacial score (nSPS) is 20.5. The number of rotatable bonds is 3. The molecule has 1 aromatic carbocycles. The molecule has 5 nitrogen and oxygen atoms in total. The molecule has 0 unspecified atom stereocenters. The van der Waals surface area contributed by atoms with Gasteiger partial charge in [-0.3, -0.25) is 9.59 Å². The van der Waals surface area contributed by atoms with Gasteiger partial charge in [0.25, 0.3) is 5.91 Å². The topological polar surface area (TPSA) is 53.8 Å². The summed E-state index contributed by atoms with van der Waals surface area (Å²) in [5.74, 6) is 0.496. The van der Waals surface area contributed by atoms with Crippen LogP contribution in [0.1, 0.15) is 53.1 Å². The van der Waals surface area contributed by atoms with Crippen LogP contribution < -0.4 is 0 Å². The minimum Gasteiger partial charge on any atom is -0.472 e. The predicted molar refractivity (Wildman–Crippen MR) is 103 cm³/mol. The van der Waals surface area contributed by atoms with Crippen molar-refractivity contribution in [1.82, 2.24) is 9.80 Å². The molecule has 1 aromatic heterocycles. The fourth-order valence-corrected chi connectivity index (χ4v) is 4.78. The van der Waals surface area contributed by atoms with E-state index in [0.29, 0.717) is 12.0 Å². The molecule has 2 aliphatic rings. The van der Waals surface area contributed by atoms with E-state index in [0.717, 1.165) is 32.4 Å². The smallest absolute Gasteiger partial charge is 0.257 e. The average Bonchev–Trinajstić information content (AvgIpc) is 3.30. The van der Waals surface area contributed by atoms with Crippen molar-refractivity contribution in [2.24, 2.45) is 0 Å². The third kappa shape index (κ3) is 3.15. The molecule has 4 rings (SSSR count). The second kappa shape index (κ2) is 6.87. The summed E-state index contributed by atoms with van der Waals surface area (Å²) in [5, 5.41) is 0. The van der Waals surface area contributed by atoms with Crippen molar-refractivity contribution < 1.29 is 14.0 Å². The van der Waals surface area contributed by atoms with E-state index >= 15 is 0 Å². The van der Waals surface area contributed by atoms with Crippen molar-refractivity contribution in [3.63, 3.8) is 0 Å². The maximum Gasteiger partial charge on any atom is 0.257 e. The number of carbonyl (C=O) groups excluding carboxylic acids is 2. The van der Waals surface area contributed by atoms with Crippen LogP contribution in [-0.4, -0.2) is 48.8 Å². The zero-order valence-corrected chi connectivity index (χ0v) is 16.0. The Bertz CT molecular complexity index is 833. The van der Waals surface area contributed by atoms with Crippen LogP contribution in [-0.2, 0) is 10.2 Å². The minimum atomic E-state index is 0.0456. The van der Waals surface area contributed by atoms with Gasteiger partial charge in [0.15, 0.2) is 0 Å². The van der Waals surface area contributed by atoms with E-state index in [-0.39, 0.29) is 23.1 Å². The fraction of sp³-hybridized carbons (Fsp3) is 0.455. The minimum absolute atomic E-state index is 0.0456. The predicted octanol–water partition coefficient (Wildman–Crippen LogP) is 3.42. The summed E-state index contributed by atoms with van der Waals surface area (Å²) in [6.45, 7) is 1.49. The van der Waals surface area contributed by atoms with Crippen molar-refractivity contribution in [2.45, 2.75) is 37.0 Å². The van der Waals surface area contributed by atoms with E-state index in [2.05, 4.69) is 24.3 Å². The highest BCUT2D eigenvalue weighted by Gasteiger charge is 2.46. The van der Waals surface area contributed by atoms with E-state index in [1.165, 1.54) is 23.7 Å². The third-order valence-electron chi connectivity index (χ3n) is 6.30. The number of amides is 2. The summed E-state index contributed by atoms with van der Waals surface area (Å²) < 4.78 is 5.05. The molecular formula is C22H26N2O3. The van der Waals surface area contributed by atoms with Crippen molar-refractivity contribution in [3.05, 3.63) is 59.5 Å². The Morgan fingerprint density at radius 1 is 1.19 bits per heavy atom. The maximum atomic E-state index is 12.6. The Balaban J connectivity index is 1.52. The van der Waals surface area contributed by atoms with Crippen LogP contribution in [0.15, 0.2) is 47.3 Å². The summed E-state index contributed by atoms with van der Waals surface area (Å²) in [7, 11) is 3.64. The first-order chi connectivity index (χ1) is 13.0. The first kappa shape index (κ1) is 17.8. The fourth-order valence-electron chi connectivity index (χ4n) is 4.78. The quantitative estimate of drug-likeness (QED) is 0.836. The van der Waals surface area contributed by atoms with Gasteiger partial charge in [0, 0.05) is 33.6 Å². The van der Waals surface area contributed by atoms with Gasteiger partial charge >= 0.3 is 0 Å². The number of hydrogen-bond acceptors (Lipinski definition) is 3. The van der Waals surface area contributed by atoms with Gasteiger partial charge in [-0.1, -0.05) is 24.3 Å². The standard InChI is InChI=1S/C22H26N2O3/c1-23(2)20(25)13-17-14-22(19-6-4-3-5-18(17)19)8-10-24(11-9-22)21(26)16-7-12-27-15-16/h3-7,12,15,17H,8-11,13-14H2,1-2H3/t17-/m1/s1. The van der Waals surface area contributed by atoms with Gasteiger partial charge in [0.2, 0.25) is 5.91 Å². The van der Waals surface area contributed by atoms with Crippen LogP contribution in [0.5, 0.6) is 0 Å². The summed E-state index contributed by atoms with van der Waals surface area (Å²) >= 11 is 0. The molecule has 1 aliphatic heterocycles. The Morgan fingerprint density at radius 3 is 2.59 bits per heavy atom. The van der Waals surface area contributed by atoms with Crippen molar-refractivity contribution in [2.75, 3.05) is 27.2 Å². The molecule has 2 aromatic rings. The van der Waals surface area contributed by atoms with Crippen LogP contribution >= 0.6 is 0 Å². The number of carbonyl (C=O) groups is 2. The van der Waals surface area contributed by atoms with Crippen LogP contribution in [0, 0.1) is 0 Å². The van der Waals surface area contributed by atoms with Gasteiger partial charge in [-0.2, -0.15) is 0 Å². The molecule has 2 amide bonds. The SMILES string of the molecule is CN(C)C(=O)C[C@@H]1CC2(CCN(C(=O)c3ccoc3)CC2)c2ccccc21. The molecule has 142 valence electrons. The van der Waals surface area contributed by atoms with E-state index in [1.807, 2.05) is 19.0 Å². The molecule has 1 spiro atoms. The number of benzene rings is 1. The Morgan fingerprint density at radius 2 is 1.93 bits per heavy atom. The lowest BCUT2D eigenvalue weighted by Crippen LogP contribution is -2.44. The van der Waals surface area contributed by atoms with Crippen LogP contribution in [0.25, 0.3) is 0 Å². The molecule has 2 heterocycles. The number of furan rings is 1. The molecule has 1 atom stereocenters. The van der Waals surface area contributed by atoms with E-state index < -0.39 is 0 Å². The first-order valence-corrected chi connectivity index (χ1v) is 9.61. The molecule has 0 N–H and O–H groups in total. The lowest BCUT2D eigenvalue weighted by molar-refractivity contribution is -0.129. The summed E-state index contributed by atoms with van der Waals surface area (Å²) in [5.41, 5.74) is 3.41. The number of fused-ring (bicyclic) bond motifs is 2. The molecule has 1 fully saturated rings. The second-order valence-corrected chi connectivity index (χ2v) is 8.07. The van der Waals surface area contributed by atoms with Crippen molar-refractivity contribution >= 4 is 11.8 Å². The summed E-state index contributed by atoms with van der Waals surface area (Å²) in [6, 6.07) is 10.3. The molecule has 0 saturated carbocycles. The highest BCUT2D eigenvalue weighted by Crippen LogP contribution is 2.52. The van der Waals surface area contributed by atoms with Crippen LogP contribution in [0.2, 0.25) is 0 Å². The van der Waals surface area contributed by atoms with Crippen LogP contribution in [0.3, 0.4) is 0 Å². The van der Waals surface area contributed by atoms with E-state index in [4.69, 9.17) is 4.42 Å². The zero-order valence-electron chi connectivity index (χ0n) is 16.0. The van der Waals surface area contributed by atoms with Crippen molar-refractivity contribution in [3.8, 4) is 0 Å². The van der Waals surface area contributed by atoms with Gasteiger partial charge in [-0.15, -0.1) is 0 Å². The van der Waals surface area contributed by atoms with Gasteiger partial charge < -0.3 is 14.2 Å². The number of nitrogens with zero attached hydrogens (tertiary/aromatic N) is 2. The maximum absolute atomic E-state index is 12.6. The van der Waals surface area contributed by atoms with Crippen molar-refractivity contribution in [1.29, 1.82) is 0 Å².